The van der Waals surface area contributed by atoms with Gasteiger partial charge in [0.15, 0.2) is 0 Å². The van der Waals surface area contributed by atoms with E-state index in [1.54, 1.807) is 0 Å². The molecule has 0 radical (unpaired) electrons. The average molecular weight is 306 g/mol. The third kappa shape index (κ3) is 6.50. The van der Waals surface area contributed by atoms with E-state index in [-0.39, 0.29) is 12.1 Å². The Kier molecular flexibility index (Phi) is 10.2. The van der Waals surface area contributed by atoms with Crippen LogP contribution in [-0.2, 0) is 0 Å². The van der Waals surface area contributed by atoms with Gasteiger partial charge in [0.1, 0.15) is 0 Å². The van der Waals surface area contributed by atoms with Crippen molar-refractivity contribution in [2.24, 2.45) is 0 Å². The molecule has 1 N–H and O–H groups in total. The van der Waals surface area contributed by atoms with E-state index in [9.17, 15) is 5.11 Å². The highest BCUT2D eigenvalue weighted by Gasteiger charge is 2.26. The van der Waals surface area contributed by atoms with Gasteiger partial charge < -0.3 is 5.11 Å². The first-order valence-electron chi connectivity index (χ1n) is 9.21. The molecule has 22 heavy (non-hydrogen) atoms. The van der Waals surface area contributed by atoms with E-state index in [0.29, 0.717) is 0 Å². The molecule has 0 amide bonds. The Labute approximate surface area is 137 Å². The second kappa shape index (κ2) is 11.7. The third-order valence-corrected chi connectivity index (χ3v) is 4.43. The predicted molar refractivity (Wildman–Crippen MR) is 96.1 cm³/mol. The minimum atomic E-state index is -0.374. The first-order chi connectivity index (χ1) is 10.7. The van der Waals surface area contributed by atoms with Crippen LogP contribution in [0.2, 0.25) is 0 Å². The standard InChI is InChI=1S/C20H35NO/c1-4-7-15-19(20(22)18-13-11-10-12-14-18)21(16-8-5-2)17-9-6-3/h10-14,19-20,22H,4-9,15-17H2,1-3H3. The zero-order valence-electron chi connectivity index (χ0n) is 14.8. The largest absolute Gasteiger partial charge is 0.387 e. The number of benzene rings is 1. The van der Waals surface area contributed by atoms with Crippen LogP contribution in [-0.4, -0.2) is 29.1 Å². The van der Waals surface area contributed by atoms with E-state index in [1.165, 1.54) is 38.5 Å². The van der Waals surface area contributed by atoms with Gasteiger partial charge in [-0.25, -0.2) is 0 Å². The fourth-order valence-corrected chi connectivity index (χ4v) is 2.99. The lowest BCUT2D eigenvalue weighted by molar-refractivity contribution is 0.0399. The molecule has 1 rings (SSSR count). The van der Waals surface area contributed by atoms with E-state index < -0.39 is 0 Å². The van der Waals surface area contributed by atoms with Crippen molar-refractivity contribution in [2.45, 2.75) is 77.9 Å². The van der Waals surface area contributed by atoms with Crippen LogP contribution in [0.5, 0.6) is 0 Å². The molecule has 0 aliphatic rings. The Hall–Kier alpha value is -0.860. The van der Waals surface area contributed by atoms with E-state index in [4.69, 9.17) is 0 Å². The molecule has 0 fully saturated rings. The molecule has 2 heteroatoms. The van der Waals surface area contributed by atoms with Crippen molar-refractivity contribution in [3.05, 3.63) is 35.9 Å². The predicted octanol–water partition coefficient (Wildman–Crippen LogP) is 5.18. The van der Waals surface area contributed by atoms with Crippen LogP contribution in [0.1, 0.15) is 77.4 Å². The molecule has 0 heterocycles. The van der Waals surface area contributed by atoms with Gasteiger partial charge in [-0.15, -0.1) is 0 Å². The van der Waals surface area contributed by atoms with Crippen LogP contribution in [0.25, 0.3) is 0 Å². The van der Waals surface area contributed by atoms with Crippen LogP contribution in [0.4, 0.5) is 0 Å². The van der Waals surface area contributed by atoms with Crippen LogP contribution in [0.3, 0.4) is 0 Å². The quantitative estimate of drug-likeness (QED) is 0.575. The summed E-state index contributed by atoms with van der Waals surface area (Å²) in [5.74, 6) is 0. The maximum absolute atomic E-state index is 10.9. The Bertz CT molecular complexity index is 357. The van der Waals surface area contributed by atoms with Crippen molar-refractivity contribution in [3.8, 4) is 0 Å². The molecule has 0 bridgehead atoms. The van der Waals surface area contributed by atoms with Crippen molar-refractivity contribution in [1.82, 2.24) is 4.90 Å². The number of aliphatic hydroxyl groups is 1. The molecule has 0 saturated heterocycles. The summed E-state index contributed by atoms with van der Waals surface area (Å²) in [6, 6.07) is 10.4. The van der Waals surface area contributed by atoms with Gasteiger partial charge in [-0.2, -0.15) is 0 Å². The smallest absolute Gasteiger partial charge is 0.0945 e. The Morgan fingerprint density at radius 3 is 1.91 bits per heavy atom. The van der Waals surface area contributed by atoms with E-state index >= 15 is 0 Å². The normalized spacial score (nSPS) is 14.2. The van der Waals surface area contributed by atoms with Crippen LogP contribution >= 0.6 is 0 Å². The first kappa shape index (κ1) is 19.2. The summed E-state index contributed by atoms with van der Waals surface area (Å²) in [5.41, 5.74) is 1.06. The summed E-state index contributed by atoms with van der Waals surface area (Å²) >= 11 is 0. The summed E-state index contributed by atoms with van der Waals surface area (Å²) in [6.07, 6.45) is 7.94. The third-order valence-electron chi connectivity index (χ3n) is 4.43. The number of nitrogens with zero attached hydrogens (tertiary/aromatic N) is 1. The lowest BCUT2D eigenvalue weighted by Crippen LogP contribution is -2.41. The van der Waals surface area contributed by atoms with Crippen molar-refractivity contribution in [1.29, 1.82) is 0 Å². The van der Waals surface area contributed by atoms with Gasteiger partial charge in [-0.3, -0.25) is 4.90 Å². The number of hydrogen-bond acceptors (Lipinski definition) is 2. The zero-order valence-corrected chi connectivity index (χ0v) is 14.8. The molecule has 1 aromatic rings. The lowest BCUT2D eigenvalue weighted by atomic mass is 9.95. The second-order valence-corrected chi connectivity index (χ2v) is 6.31. The van der Waals surface area contributed by atoms with Crippen LogP contribution in [0.15, 0.2) is 30.3 Å². The fraction of sp³-hybridized carbons (Fsp3) is 0.700. The second-order valence-electron chi connectivity index (χ2n) is 6.31. The molecule has 0 aromatic heterocycles. The zero-order chi connectivity index (χ0) is 16.2. The average Bonchev–Trinajstić information content (AvgIpc) is 2.57. The van der Waals surface area contributed by atoms with Crippen molar-refractivity contribution < 1.29 is 5.11 Å². The summed E-state index contributed by atoms with van der Waals surface area (Å²) in [5, 5.41) is 10.9. The van der Waals surface area contributed by atoms with E-state index in [2.05, 4.69) is 37.8 Å². The highest BCUT2D eigenvalue weighted by atomic mass is 16.3. The number of rotatable bonds is 12. The Balaban J connectivity index is 2.85. The minimum absolute atomic E-state index is 0.250. The monoisotopic (exact) mass is 305 g/mol. The highest BCUT2D eigenvalue weighted by molar-refractivity contribution is 5.19. The van der Waals surface area contributed by atoms with Crippen molar-refractivity contribution >= 4 is 0 Å². The molecular formula is C20H35NO. The van der Waals surface area contributed by atoms with Gasteiger partial charge in [-0.1, -0.05) is 76.8 Å². The lowest BCUT2D eigenvalue weighted by Gasteiger charge is -2.35. The molecule has 126 valence electrons. The molecule has 0 saturated carbocycles. The minimum Gasteiger partial charge on any atom is -0.387 e. The molecular weight excluding hydrogens is 270 g/mol. The summed E-state index contributed by atoms with van der Waals surface area (Å²) < 4.78 is 0. The van der Waals surface area contributed by atoms with Gasteiger partial charge in [0, 0.05) is 6.04 Å². The van der Waals surface area contributed by atoms with Gasteiger partial charge in [0.05, 0.1) is 6.10 Å². The Morgan fingerprint density at radius 1 is 0.864 bits per heavy atom. The van der Waals surface area contributed by atoms with Crippen molar-refractivity contribution in [3.63, 3.8) is 0 Å². The summed E-state index contributed by atoms with van der Waals surface area (Å²) in [6.45, 7) is 8.93. The van der Waals surface area contributed by atoms with E-state index in [1.807, 2.05) is 18.2 Å². The molecule has 2 nitrogen and oxygen atoms in total. The summed E-state index contributed by atoms with van der Waals surface area (Å²) in [4.78, 5) is 2.54. The van der Waals surface area contributed by atoms with Gasteiger partial charge in [0.2, 0.25) is 0 Å². The number of hydrogen-bond donors (Lipinski definition) is 1. The number of unbranched alkanes of at least 4 members (excludes halogenated alkanes) is 3. The maximum Gasteiger partial charge on any atom is 0.0945 e. The number of aliphatic hydroxyl groups excluding tert-OH is 1. The molecule has 2 unspecified atom stereocenters. The van der Waals surface area contributed by atoms with Gasteiger partial charge in [-0.05, 0) is 37.9 Å². The SMILES string of the molecule is CCCCC(C(O)c1ccccc1)N(CCCC)CCCC. The summed E-state index contributed by atoms with van der Waals surface area (Å²) in [7, 11) is 0. The first-order valence-corrected chi connectivity index (χ1v) is 9.21. The molecule has 1 aromatic carbocycles. The maximum atomic E-state index is 10.9. The van der Waals surface area contributed by atoms with E-state index in [0.717, 1.165) is 25.1 Å². The molecule has 0 aliphatic carbocycles. The van der Waals surface area contributed by atoms with Gasteiger partial charge in [0.25, 0.3) is 0 Å². The highest BCUT2D eigenvalue weighted by Crippen LogP contribution is 2.26. The fourth-order valence-electron chi connectivity index (χ4n) is 2.99. The Morgan fingerprint density at radius 2 is 1.41 bits per heavy atom. The molecule has 0 aliphatic heterocycles. The van der Waals surface area contributed by atoms with Crippen LogP contribution in [0, 0.1) is 0 Å². The van der Waals surface area contributed by atoms with Crippen molar-refractivity contribution in [2.75, 3.05) is 13.1 Å². The topological polar surface area (TPSA) is 23.5 Å². The van der Waals surface area contributed by atoms with Gasteiger partial charge >= 0.3 is 0 Å². The molecule has 2 atom stereocenters. The van der Waals surface area contributed by atoms with Crippen LogP contribution < -0.4 is 0 Å². The molecule has 0 spiro atoms.